The van der Waals surface area contributed by atoms with Gasteiger partial charge in [-0.05, 0) is 31.0 Å². The lowest BCUT2D eigenvalue weighted by molar-refractivity contribution is 0.139. The van der Waals surface area contributed by atoms with E-state index in [0.717, 1.165) is 56.0 Å². The van der Waals surface area contributed by atoms with Crippen molar-refractivity contribution >= 4 is 11.6 Å². The Kier molecular flexibility index (Phi) is 7.13. The molecule has 0 aliphatic carbocycles. The summed E-state index contributed by atoms with van der Waals surface area (Å²) in [4.78, 5) is 0. The van der Waals surface area contributed by atoms with Gasteiger partial charge in [0.05, 0.1) is 26.4 Å². The van der Waals surface area contributed by atoms with Crippen LogP contribution in [-0.4, -0.2) is 39.5 Å². The molecule has 1 aromatic carbocycles. The highest BCUT2D eigenvalue weighted by atomic mass is 35.5. The highest BCUT2D eigenvalue weighted by Crippen LogP contribution is 2.35. The van der Waals surface area contributed by atoms with Crippen LogP contribution in [0.5, 0.6) is 11.5 Å². The first-order valence-corrected chi connectivity index (χ1v) is 8.05. The Morgan fingerprint density at radius 1 is 1.14 bits per heavy atom. The maximum atomic E-state index is 6.29. The quantitative estimate of drug-likeness (QED) is 0.749. The molecule has 0 saturated carbocycles. The van der Waals surface area contributed by atoms with E-state index in [2.05, 4.69) is 12.2 Å². The number of benzene rings is 1. The van der Waals surface area contributed by atoms with Crippen molar-refractivity contribution in [2.75, 3.05) is 39.5 Å². The van der Waals surface area contributed by atoms with Gasteiger partial charge in [0.2, 0.25) is 0 Å². The maximum absolute atomic E-state index is 6.29. The molecule has 4 nitrogen and oxygen atoms in total. The number of nitrogens with one attached hydrogen (secondary N) is 1. The van der Waals surface area contributed by atoms with Gasteiger partial charge in [-0.15, -0.1) is 0 Å². The first-order valence-electron chi connectivity index (χ1n) is 7.67. The molecule has 0 bridgehead atoms. The Balaban J connectivity index is 1.79. The minimum Gasteiger partial charge on any atom is -0.490 e. The van der Waals surface area contributed by atoms with Crippen molar-refractivity contribution in [2.24, 2.45) is 0 Å². The molecule has 0 spiro atoms. The molecule has 1 aromatic rings. The summed E-state index contributed by atoms with van der Waals surface area (Å²) in [7, 11) is 0. The molecule has 1 heterocycles. The lowest BCUT2D eigenvalue weighted by Crippen LogP contribution is -2.20. The van der Waals surface area contributed by atoms with Crippen LogP contribution in [0, 0.1) is 0 Å². The molecule has 118 valence electrons. The van der Waals surface area contributed by atoms with Crippen molar-refractivity contribution in [3.8, 4) is 11.5 Å². The summed E-state index contributed by atoms with van der Waals surface area (Å²) >= 11 is 6.29. The highest BCUT2D eigenvalue weighted by Gasteiger charge is 2.13. The molecule has 5 heteroatoms. The molecule has 0 unspecified atom stereocenters. The van der Waals surface area contributed by atoms with E-state index in [-0.39, 0.29) is 0 Å². The largest absolute Gasteiger partial charge is 0.490 e. The predicted molar refractivity (Wildman–Crippen MR) is 84.7 cm³/mol. The van der Waals surface area contributed by atoms with Crippen molar-refractivity contribution in [2.45, 2.75) is 26.2 Å². The Bertz CT molecular complexity index is 440. The van der Waals surface area contributed by atoms with Gasteiger partial charge in [-0.3, -0.25) is 0 Å². The molecular formula is C16H24ClNO3. The van der Waals surface area contributed by atoms with E-state index < -0.39 is 0 Å². The third-order valence-electron chi connectivity index (χ3n) is 3.28. The van der Waals surface area contributed by atoms with Crippen molar-refractivity contribution < 1.29 is 14.2 Å². The van der Waals surface area contributed by atoms with E-state index in [9.17, 15) is 0 Å². The minimum atomic E-state index is 0.660. The Labute approximate surface area is 131 Å². The average Bonchev–Trinajstić information content (AvgIpc) is 2.71. The Morgan fingerprint density at radius 2 is 1.90 bits per heavy atom. The van der Waals surface area contributed by atoms with E-state index in [4.69, 9.17) is 25.8 Å². The SMILES string of the molecule is CCCNCCOCCc1cc2c(cc1Cl)OCCCO2. The number of hydrogen-bond acceptors (Lipinski definition) is 4. The highest BCUT2D eigenvalue weighted by molar-refractivity contribution is 6.31. The van der Waals surface area contributed by atoms with E-state index in [1.165, 1.54) is 0 Å². The van der Waals surface area contributed by atoms with Crippen LogP contribution in [0.3, 0.4) is 0 Å². The first kappa shape index (κ1) is 16.4. The summed E-state index contributed by atoms with van der Waals surface area (Å²) in [6.45, 7) is 6.83. The smallest absolute Gasteiger partial charge is 0.162 e. The van der Waals surface area contributed by atoms with Gasteiger partial charge >= 0.3 is 0 Å². The first-order chi connectivity index (χ1) is 10.3. The van der Waals surface area contributed by atoms with Crippen molar-refractivity contribution in [3.05, 3.63) is 22.7 Å². The molecule has 0 aromatic heterocycles. The van der Waals surface area contributed by atoms with Crippen molar-refractivity contribution in [1.82, 2.24) is 5.32 Å². The minimum absolute atomic E-state index is 0.660. The van der Waals surface area contributed by atoms with Gasteiger partial charge < -0.3 is 19.5 Å². The second-order valence-corrected chi connectivity index (χ2v) is 5.46. The summed E-state index contributed by atoms with van der Waals surface area (Å²) in [5.74, 6) is 1.53. The van der Waals surface area contributed by atoms with Gasteiger partial charge in [0.25, 0.3) is 0 Å². The molecule has 1 aliphatic rings. The Hall–Kier alpha value is -0.970. The molecule has 1 N–H and O–H groups in total. The normalized spacial score (nSPS) is 14.0. The molecule has 1 aliphatic heterocycles. The van der Waals surface area contributed by atoms with Crippen LogP contribution in [0.1, 0.15) is 25.3 Å². The molecule has 0 amide bonds. The number of halogens is 1. The summed E-state index contributed by atoms with van der Waals surface area (Å²) in [5, 5.41) is 4.02. The molecule has 2 rings (SSSR count). The van der Waals surface area contributed by atoms with Gasteiger partial charge in [-0.1, -0.05) is 18.5 Å². The van der Waals surface area contributed by atoms with Crippen LogP contribution < -0.4 is 14.8 Å². The van der Waals surface area contributed by atoms with Crippen LogP contribution in [0.15, 0.2) is 12.1 Å². The molecule has 21 heavy (non-hydrogen) atoms. The summed E-state index contributed by atoms with van der Waals surface area (Å²) in [6, 6.07) is 3.82. The third-order valence-corrected chi connectivity index (χ3v) is 3.63. The van der Waals surface area contributed by atoms with E-state index in [1.54, 1.807) is 0 Å². The Morgan fingerprint density at radius 3 is 2.67 bits per heavy atom. The van der Waals surface area contributed by atoms with Crippen LogP contribution in [0.4, 0.5) is 0 Å². The second kappa shape index (κ2) is 9.13. The van der Waals surface area contributed by atoms with Crippen LogP contribution in [0.2, 0.25) is 5.02 Å². The molecule has 0 fully saturated rings. The lowest BCUT2D eigenvalue weighted by atomic mass is 10.1. The van der Waals surface area contributed by atoms with Crippen molar-refractivity contribution in [1.29, 1.82) is 0 Å². The number of fused-ring (bicyclic) bond motifs is 1. The van der Waals surface area contributed by atoms with Crippen LogP contribution >= 0.6 is 11.6 Å². The van der Waals surface area contributed by atoms with Gasteiger partial charge in [-0.25, -0.2) is 0 Å². The van der Waals surface area contributed by atoms with Gasteiger partial charge in [0.15, 0.2) is 11.5 Å². The fraction of sp³-hybridized carbons (Fsp3) is 0.625. The monoisotopic (exact) mass is 313 g/mol. The number of rotatable bonds is 8. The van der Waals surface area contributed by atoms with Gasteiger partial charge in [-0.2, -0.15) is 0 Å². The van der Waals surface area contributed by atoms with E-state index in [0.29, 0.717) is 24.8 Å². The fourth-order valence-electron chi connectivity index (χ4n) is 2.15. The number of ether oxygens (including phenoxy) is 3. The molecule has 0 saturated heterocycles. The van der Waals surface area contributed by atoms with Crippen LogP contribution in [0.25, 0.3) is 0 Å². The van der Waals surface area contributed by atoms with Crippen LogP contribution in [-0.2, 0) is 11.2 Å². The molecule has 0 atom stereocenters. The van der Waals surface area contributed by atoms with Gasteiger partial charge in [0, 0.05) is 24.1 Å². The zero-order chi connectivity index (χ0) is 14.9. The van der Waals surface area contributed by atoms with E-state index >= 15 is 0 Å². The summed E-state index contributed by atoms with van der Waals surface area (Å²) in [6.07, 6.45) is 2.82. The second-order valence-electron chi connectivity index (χ2n) is 5.05. The summed E-state index contributed by atoms with van der Waals surface area (Å²) in [5.41, 5.74) is 1.04. The summed E-state index contributed by atoms with van der Waals surface area (Å²) < 4.78 is 16.9. The fourth-order valence-corrected chi connectivity index (χ4v) is 2.40. The predicted octanol–water partition coefficient (Wildman–Crippen LogP) is 3.06. The topological polar surface area (TPSA) is 39.7 Å². The average molecular weight is 314 g/mol. The standard InChI is InChI=1S/C16H24ClNO3/c1-2-5-18-6-10-19-9-4-13-11-15-16(12-14(13)17)21-8-3-7-20-15/h11-12,18H,2-10H2,1H3. The molecular weight excluding hydrogens is 290 g/mol. The lowest BCUT2D eigenvalue weighted by Gasteiger charge is -2.12. The van der Waals surface area contributed by atoms with Crippen molar-refractivity contribution in [3.63, 3.8) is 0 Å². The maximum Gasteiger partial charge on any atom is 0.162 e. The number of hydrogen-bond donors (Lipinski definition) is 1. The zero-order valence-corrected chi connectivity index (χ0v) is 13.4. The third kappa shape index (κ3) is 5.38. The molecule has 0 radical (unpaired) electrons. The van der Waals surface area contributed by atoms with E-state index in [1.807, 2.05) is 12.1 Å². The van der Waals surface area contributed by atoms with Gasteiger partial charge in [0.1, 0.15) is 0 Å². The zero-order valence-electron chi connectivity index (χ0n) is 12.6.